The fraction of sp³-hybridized carbons (Fsp3) is 0.350. The average molecular weight is 375 g/mol. The number of fused-ring (bicyclic) bond motifs is 2. The largest absolute Gasteiger partial charge is 0.486 e. The van der Waals surface area contributed by atoms with Crippen LogP contribution in [-0.2, 0) is 6.42 Å². The summed E-state index contributed by atoms with van der Waals surface area (Å²) >= 11 is 0. The van der Waals surface area contributed by atoms with Gasteiger partial charge in [-0.05, 0) is 55.2 Å². The Kier molecular flexibility index (Phi) is 5.57. The fourth-order valence-corrected chi connectivity index (χ4v) is 3.41. The second kappa shape index (κ2) is 7.87. The SMILES string of the molecule is CC(NC(=O)c1cccc2c1CCCN2)c1ccc2c(c1)OCCO2.Cl. The topological polar surface area (TPSA) is 59.6 Å². The Balaban J connectivity index is 0.00000196. The lowest BCUT2D eigenvalue weighted by Gasteiger charge is -2.23. The van der Waals surface area contributed by atoms with Crippen LogP contribution in [-0.4, -0.2) is 25.7 Å². The molecule has 0 aromatic heterocycles. The number of nitrogens with one attached hydrogen (secondary N) is 2. The van der Waals surface area contributed by atoms with Gasteiger partial charge < -0.3 is 20.1 Å². The summed E-state index contributed by atoms with van der Waals surface area (Å²) < 4.78 is 11.2. The lowest BCUT2D eigenvalue weighted by atomic mass is 9.96. The molecule has 2 aromatic carbocycles. The van der Waals surface area contributed by atoms with Gasteiger partial charge in [0.2, 0.25) is 0 Å². The van der Waals surface area contributed by atoms with Crippen molar-refractivity contribution in [2.45, 2.75) is 25.8 Å². The second-order valence-electron chi connectivity index (χ2n) is 6.46. The molecule has 6 heteroatoms. The summed E-state index contributed by atoms with van der Waals surface area (Å²) in [6.45, 7) is 4.08. The van der Waals surface area contributed by atoms with Crippen molar-refractivity contribution in [2.24, 2.45) is 0 Å². The first kappa shape index (κ1) is 18.4. The molecule has 0 bridgehead atoms. The molecule has 1 unspecified atom stereocenters. The van der Waals surface area contributed by atoms with Crippen LogP contribution in [0.25, 0.3) is 0 Å². The third-order valence-electron chi connectivity index (χ3n) is 4.75. The minimum Gasteiger partial charge on any atom is -0.486 e. The number of rotatable bonds is 3. The molecule has 26 heavy (non-hydrogen) atoms. The van der Waals surface area contributed by atoms with Crippen LogP contribution in [0.3, 0.4) is 0 Å². The number of carbonyl (C=O) groups excluding carboxylic acids is 1. The maximum absolute atomic E-state index is 12.8. The van der Waals surface area contributed by atoms with Gasteiger partial charge in [-0.15, -0.1) is 12.4 Å². The van der Waals surface area contributed by atoms with Crippen LogP contribution in [0, 0.1) is 0 Å². The molecular formula is C20H23ClN2O3. The van der Waals surface area contributed by atoms with E-state index in [0.29, 0.717) is 13.2 Å². The predicted molar refractivity (Wildman–Crippen MR) is 104 cm³/mol. The number of carbonyl (C=O) groups is 1. The lowest BCUT2D eigenvalue weighted by Crippen LogP contribution is -2.28. The highest BCUT2D eigenvalue weighted by atomic mass is 35.5. The first-order valence-corrected chi connectivity index (χ1v) is 8.78. The van der Waals surface area contributed by atoms with Gasteiger partial charge in [-0.25, -0.2) is 0 Å². The Morgan fingerprint density at radius 3 is 2.81 bits per heavy atom. The van der Waals surface area contributed by atoms with Crippen LogP contribution in [0.1, 0.15) is 40.9 Å². The lowest BCUT2D eigenvalue weighted by molar-refractivity contribution is 0.0938. The van der Waals surface area contributed by atoms with Crippen molar-refractivity contribution in [2.75, 3.05) is 25.1 Å². The smallest absolute Gasteiger partial charge is 0.252 e. The van der Waals surface area contributed by atoms with Crippen LogP contribution in [0.5, 0.6) is 11.5 Å². The number of hydrogen-bond acceptors (Lipinski definition) is 4. The normalized spacial score (nSPS) is 15.7. The Morgan fingerprint density at radius 2 is 1.96 bits per heavy atom. The molecule has 2 heterocycles. The molecule has 1 atom stereocenters. The van der Waals surface area contributed by atoms with Gasteiger partial charge in [-0.2, -0.15) is 0 Å². The molecule has 2 aliphatic rings. The third-order valence-corrected chi connectivity index (χ3v) is 4.75. The number of hydrogen-bond donors (Lipinski definition) is 2. The maximum atomic E-state index is 12.8. The Morgan fingerprint density at radius 1 is 1.15 bits per heavy atom. The molecule has 138 valence electrons. The second-order valence-corrected chi connectivity index (χ2v) is 6.46. The van der Waals surface area contributed by atoms with Crippen molar-refractivity contribution < 1.29 is 14.3 Å². The molecule has 5 nitrogen and oxygen atoms in total. The number of halogens is 1. The van der Waals surface area contributed by atoms with E-state index < -0.39 is 0 Å². The van der Waals surface area contributed by atoms with Crippen molar-refractivity contribution in [3.05, 3.63) is 53.1 Å². The van der Waals surface area contributed by atoms with E-state index in [4.69, 9.17) is 9.47 Å². The van der Waals surface area contributed by atoms with Crippen LogP contribution in [0.4, 0.5) is 5.69 Å². The van der Waals surface area contributed by atoms with Crippen molar-refractivity contribution in [1.82, 2.24) is 5.32 Å². The van der Waals surface area contributed by atoms with E-state index in [1.807, 2.05) is 43.3 Å². The van der Waals surface area contributed by atoms with Gasteiger partial charge in [0.05, 0.1) is 6.04 Å². The van der Waals surface area contributed by atoms with Crippen molar-refractivity contribution >= 4 is 24.0 Å². The fourth-order valence-electron chi connectivity index (χ4n) is 3.41. The van der Waals surface area contributed by atoms with Crippen molar-refractivity contribution in [3.63, 3.8) is 0 Å². The summed E-state index contributed by atoms with van der Waals surface area (Å²) in [5, 5.41) is 6.47. The molecule has 0 saturated heterocycles. The number of benzene rings is 2. The van der Waals surface area contributed by atoms with Gasteiger partial charge in [0, 0.05) is 17.8 Å². The van der Waals surface area contributed by atoms with E-state index in [0.717, 1.165) is 53.3 Å². The first-order chi connectivity index (χ1) is 12.2. The van der Waals surface area contributed by atoms with E-state index >= 15 is 0 Å². The maximum Gasteiger partial charge on any atom is 0.252 e. The Bertz CT molecular complexity index is 810. The average Bonchev–Trinajstić information content (AvgIpc) is 2.67. The van der Waals surface area contributed by atoms with Crippen LogP contribution >= 0.6 is 12.4 Å². The highest BCUT2D eigenvalue weighted by Crippen LogP contribution is 2.33. The summed E-state index contributed by atoms with van der Waals surface area (Å²) in [5.74, 6) is 1.46. The van der Waals surface area contributed by atoms with E-state index in [1.54, 1.807) is 0 Å². The standard InChI is InChI=1S/C20H22N2O3.ClH/c1-13(14-7-8-18-19(12-14)25-11-10-24-18)22-20(23)16-4-2-6-17-15(16)5-3-9-21-17;/h2,4,6-8,12-13,21H,3,5,9-11H2,1H3,(H,22,23);1H. The van der Waals surface area contributed by atoms with Gasteiger partial charge in [0.25, 0.3) is 5.91 Å². The molecule has 2 aliphatic heterocycles. The van der Waals surface area contributed by atoms with E-state index in [9.17, 15) is 4.79 Å². The van der Waals surface area contributed by atoms with Gasteiger partial charge in [0.15, 0.2) is 11.5 Å². The molecule has 4 rings (SSSR count). The van der Waals surface area contributed by atoms with Crippen LogP contribution in [0.15, 0.2) is 36.4 Å². The summed E-state index contributed by atoms with van der Waals surface area (Å²) in [7, 11) is 0. The third kappa shape index (κ3) is 3.58. The molecule has 1 amide bonds. The van der Waals surface area contributed by atoms with Crippen molar-refractivity contribution in [3.8, 4) is 11.5 Å². The van der Waals surface area contributed by atoms with Gasteiger partial charge in [-0.3, -0.25) is 4.79 Å². The van der Waals surface area contributed by atoms with Gasteiger partial charge >= 0.3 is 0 Å². The molecule has 2 aromatic rings. The van der Waals surface area contributed by atoms with E-state index in [-0.39, 0.29) is 24.4 Å². The molecule has 0 aliphatic carbocycles. The van der Waals surface area contributed by atoms with Crippen LogP contribution in [0.2, 0.25) is 0 Å². The summed E-state index contributed by atoms with van der Waals surface area (Å²) in [4.78, 5) is 12.8. The monoisotopic (exact) mass is 374 g/mol. The minimum atomic E-state index is -0.115. The Labute approximate surface area is 159 Å². The molecule has 0 saturated carbocycles. The van der Waals surface area contributed by atoms with E-state index in [1.165, 1.54) is 0 Å². The quantitative estimate of drug-likeness (QED) is 0.859. The van der Waals surface area contributed by atoms with Crippen LogP contribution < -0.4 is 20.1 Å². The Hall–Kier alpha value is -2.40. The zero-order valence-corrected chi connectivity index (χ0v) is 15.5. The van der Waals surface area contributed by atoms with E-state index in [2.05, 4.69) is 10.6 Å². The molecule has 0 fully saturated rings. The van der Waals surface area contributed by atoms with Crippen molar-refractivity contribution in [1.29, 1.82) is 0 Å². The number of amides is 1. The minimum absolute atomic E-state index is 0. The van der Waals surface area contributed by atoms with Gasteiger partial charge in [0.1, 0.15) is 13.2 Å². The molecule has 2 N–H and O–H groups in total. The number of ether oxygens (including phenoxy) is 2. The highest BCUT2D eigenvalue weighted by molar-refractivity contribution is 5.97. The zero-order valence-electron chi connectivity index (χ0n) is 14.7. The summed E-state index contributed by atoms with van der Waals surface area (Å²) in [5.41, 5.74) is 3.95. The molecule has 0 radical (unpaired) electrons. The zero-order chi connectivity index (χ0) is 17.2. The molecular weight excluding hydrogens is 352 g/mol. The first-order valence-electron chi connectivity index (χ1n) is 8.78. The summed E-state index contributed by atoms with van der Waals surface area (Å²) in [6.07, 6.45) is 1.99. The highest BCUT2D eigenvalue weighted by Gasteiger charge is 2.20. The summed E-state index contributed by atoms with van der Waals surface area (Å²) in [6, 6.07) is 11.6. The number of anilines is 1. The van der Waals surface area contributed by atoms with Gasteiger partial charge in [-0.1, -0.05) is 12.1 Å². The molecule has 0 spiro atoms. The predicted octanol–water partition coefficient (Wildman–Crippen LogP) is 3.73.